The quantitative estimate of drug-likeness (QED) is 0.761. The molecule has 17 heavy (non-hydrogen) atoms. The molecule has 1 aliphatic rings. The van der Waals surface area contributed by atoms with E-state index in [1.807, 2.05) is 6.07 Å². The highest BCUT2D eigenvalue weighted by Crippen LogP contribution is 2.27. The van der Waals surface area contributed by atoms with Crippen molar-refractivity contribution in [3.05, 3.63) is 28.2 Å². The van der Waals surface area contributed by atoms with Gasteiger partial charge in [0.1, 0.15) is 0 Å². The van der Waals surface area contributed by atoms with Crippen LogP contribution in [0.5, 0.6) is 0 Å². The number of rotatable bonds is 2. The summed E-state index contributed by atoms with van der Waals surface area (Å²) in [6.45, 7) is 2.08. The molecule has 1 atom stereocenters. The van der Waals surface area contributed by atoms with Gasteiger partial charge in [-0.05, 0) is 23.8 Å². The molecule has 0 saturated carbocycles. The van der Waals surface area contributed by atoms with Crippen LogP contribution in [0.4, 0.5) is 5.69 Å². The molecule has 0 amide bonds. The summed E-state index contributed by atoms with van der Waals surface area (Å²) < 4.78 is 6.42. The number of nitriles is 1. The van der Waals surface area contributed by atoms with Crippen molar-refractivity contribution < 1.29 is 4.74 Å². The molecule has 3 nitrogen and oxygen atoms in total. The number of ether oxygens (including phenoxy) is 1. The number of alkyl halides is 1. The first-order chi connectivity index (χ1) is 8.24. The van der Waals surface area contributed by atoms with Crippen molar-refractivity contribution in [2.45, 2.75) is 11.4 Å². The van der Waals surface area contributed by atoms with Gasteiger partial charge in [0.05, 0.1) is 19.2 Å². The lowest BCUT2D eigenvalue weighted by Gasteiger charge is -2.32. The largest absolute Gasteiger partial charge is 0.365 e. The predicted molar refractivity (Wildman–Crippen MR) is 74.3 cm³/mol. The van der Waals surface area contributed by atoms with Gasteiger partial charge in [-0.3, -0.25) is 0 Å². The first-order valence-corrected chi connectivity index (χ1v) is 7.26. The Kier molecular flexibility index (Phi) is 4.43. The highest BCUT2D eigenvalue weighted by Gasteiger charge is 2.21. The van der Waals surface area contributed by atoms with E-state index in [0.29, 0.717) is 13.2 Å². The van der Waals surface area contributed by atoms with Crippen molar-refractivity contribution in [3.63, 3.8) is 0 Å². The second kappa shape index (κ2) is 5.85. The molecule has 90 valence electrons. The van der Waals surface area contributed by atoms with Crippen LogP contribution >= 0.6 is 31.9 Å². The van der Waals surface area contributed by atoms with E-state index < -0.39 is 0 Å². The second-order valence-electron chi connectivity index (χ2n) is 3.84. The van der Waals surface area contributed by atoms with Gasteiger partial charge in [-0.15, -0.1) is 0 Å². The average molecular weight is 360 g/mol. The van der Waals surface area contributed by atoms with Crippen LogP contribution in [-0.4, -0.2) is 25.8 Å². The van der Waals surface area contributed by atoms with E-state index in [2.05, 4.69) is 55.0 Å². The van der Waals surface area contributed by atoms with Gasteiger partial charge in [-0.2, -0.15) is 5.26 Å². The summed E-state index contributed by atoms with van der Waals surface area (Å²) in [7, 11) is 0. The smallest absolute Gasteiger partial charge is 0.161 e. The summed E-state index contributed by atoms with van der Waals surface area (Å²) in [6.07, 6.45) is -0.324. The number of morpholine rings is 1. The molecule has 1 unspecified atom stereocenters. The van der Waals surface area contributed by atoms with Crippen molar-refractivity contribution in [1.82, 2.24) is 0 Å². The molecule has 0 aromatic heterocycles. The Hall–Kier alpha value is -0.570. The van der Waals surface area contributed by atoms with Crippen LogP contribution in [0.1, 0.15) is 5.56 Å². The van der Waals surface area contributed by atoms with Crippen LogP contribution in [0, 0.1) is 11.3 Å². The van der Waals surface area contributed by atoms with Gasteiger partial charge >= 0.3 is 0 Å². The fourth-order valence-corrected chi connectivity index (χ4v) is 2.77. The molecule has 1 aliphatic heterocycles. The van der Waals surface area contributed by atoms with Gasteiger partial charge in [0.2, 0.25) is 0 Å². The number of nitrogens with zero attached hydrogens (tertiary/aromatic N) is 2. The van der Waals surface area contributed by atoms with Crippen LogP contribution in [0.2, 0.25) is 0 Å². The van der Waals surface area contributed by atoms with Crippen molar-refractivity contribution in [1.29, 1.82) is 5.26 Å². The lowest BCUT2D eigenvalue weighted by Crippen LogP contribution is -2.42. The van der Waals surface area contributed by atoms with E-state index in [9.17, 15) is 0 Å². The fourth-order valence-electron chi connectivity index (χ4n) is 1.92. The minimum Gasteiger partial charge on any atom is -0.365 e. The third-order valence-corrected chi connectivity index (χ3v) is 3.83. The lowest BCUT2D eigenvalue weighted by molar-refractivity contribution is 0.0764. The van der Waals surface area contributed by atoms with Gasteiger partial charge in [-0.1, -0.05) is 31.9 Å². The van der Waals surface area contributed by atoms with Crippen molar-refractivity contribution >= 4 is 37.5 Å². The molecule has 1 aromatic rings. The summed E-state index contributed by atoms with van der Waals surface area (Å²) in [5.41, 5.74) is 2.39. The summed E-state index contributed by atoms with van der Waals surface area (Å²) in [4.78, 5) is 2.21. The Bertz CT molecular complexity index is 445. The second-order valence-corrected chi connectivity index (χ2v) is 5.32. The Labute approximate surface area is 118 Å². The highest BCUT2D eigenvalue weighted by molar-refractivity contribution is 9.10. The zero-order chi connectivity index (χ0) is 12.3. The molecular weight excluding hydrogens is 348 g/mol. The van der Waals surface area contributed by atoms with E-state index in [0.717, 1.165) is 16.3 Å². The van der Waals surface area contributed by atoms with E-state index in [-0.39, 0.29) is 6.10 Å². The van der Waals surface area contributed by atoms with E-state index in [1.54, 1.807) is 0 Å². The molecule has 0 spiro atoms. The number of hydrogen-bond acceptors (Lipinski definition) is 3. The van der Waals surface area contributed by atoms with Gasteiger partial charge in [0.15, 0.2) is 6.10 Å². The molecule has 5 heteroatoms. The van der Waals surface area contributed by atoms with Crippen LogP contribution < -0.4 is 4.90 Å². The standard InChI is InChI=1S/C12H12Br2N2O/c13-6-9-5-10(14)1-2-12(9)16-3-4-17-11(7-15)8-16/h1-2,5,11H,3-4,6,8H2. The first kappa shape index (κ1) is 12.9. The summed E-state index contributed by atoms with van der Waals surface area (Å²) >= 11 is 6.97. The highest BCUT2D eigenvalue weighted by atomic mass is 79.9. The van der Waals surface area contributed by atoms with Crippen LogP contribution in [0.3, 0.4) is 0 Å². The molecule has 1 saturated heterocycles. The van der Waals surface area contributed by atoms with E-state index in [1.165, 1.54) is 11.3 Å². The minimum absolute atomic E-state index is 0.324. The maximum absolute atomic E-state index is 8.91. The minimum atomic E-state index is -0.324. The summed E-state index contributed by atoms with van der Waals surface area (Å²) in [5.74, 6) is 0. The lowest BCUT2D eigenvalue weighted by atomic mass is 10.1. The maximum Gasteiger partial charge on any atom is 0.161 e. The molecule has 1 heterocycles. The number of benzene rings is 1. The zero-order valence-corrected chi connectivity index (χ0v) is 12.4. The molecule has 0 radical (unpaired) electrons. The SMILES string of the molecule is N#CC1CN(c2ccc(Br)cc2CBr)CCO1. The molecule has 1 aromatic carbocycles. The first-order valence-electron chi connectivity index (χ1n) is 5.35. The number of anilines is 1. The molecular formula is C12H12Br2N2O. The Balaban J connectivity index is 2.24. The Morgan fingerprint density at radius 1 is 1.53 bits per heavy atom. The van der Waals surface area contributed by atoms with Crippen molar-refractivity contribution in [2.24, 2.45) is 0 Å². The van der Waals surface area contributed by atoms with Gasteiger partial charge in [0.25, 0.3) is 0 Å². The van der Waals surface area contributed by atoms with Crippen molar-refractivity contribution in [2.75, 3.05) is 24.6 Å². The zero-order valence-electron chi connectivity index (χ0n) is 9.20. The van der Waals surface area contributed by atoms with Crippen LogP contribution in [0.25, 0.3) is 0 Å². The third-order valence-electron chi connectivity index (χ3n) is 2.74. The third kappa shape index (κ3) is 3.01. The normalized spacial score (nSPS) is 20.1. The predicted octanol–water partition coefficient (Wildman–Crippen LogP) is 3.07. The number of hydrogen-bond donors (Lipinski definition) is 0. The molecule has 1 fully saturated rings. The van der Waals surface area contributed by atoms with Gasteiger partial charge in [0, 0.05) is 22.0 Å². The average Bonchev–Trinajstić information content (AvgIpc) is 2.38. The monoisotopic (exact) mass is 358 g/mol. The van der Waals surface area contributed by atoms with Crippen molar-refractivity contribution in [3.8, 4) is 6.07 Å². The molecule has 0 N–H and O–H groups in total. The van der Waals surface area contributed by atoms with Crippen LogP contribution in [0.15, 0.2) is 22.7 Å². The summed E-state index contributed by atoms with van der Waals surface area (Å²) in [5, 5.41) is 9.71. The fraction of sp³-hybridized carbons (Fsp3) is 0.417. The van der Waals surface area contributed by atoms with Gasteiger partial charge < -0.3 is 9.64 Å². The molecule has 0 aliphatic carbocycles. The Morgan fingerprint density at radius 3 is 3.06 bits per heavy atom. The van der Waals surface area contributed by atoms with E-state index in [4.69, 9.17) is 10.00 Å². The maximum atomic E-state index is 8.91. The van der Waals surface area contributed by atoms with Gasteiger partial charge in [-0.25, -0.2) is 0 Å². The topological polar surface area (TPSA) is 36.3 Å². The van der Waals surface area contributed by atoms with Crippen LogP contribution in [-0.2, 0) is 10.1 Å². The molecule has 0 bridgehead atoms. The number of halogens is 2. The Morgan fingerprint density at radius 2 is 2.35 bits per heavy atom. The molecule has 2 rings (SSSR count). The summed E-state index contributed by atoms with van der Waals surface area (Å²) in [6, 6.07) is 8.38. The van der Waals surface area contributed by atoms with E-state index >= 15 is 0 Å².